The summed E-state index contributed by atoms with van der Waals surface area (Å²) in [6.07, 6.45) is 2.61. The van der Waals surface area contributed by atoms with E-state index in [1.165, 1.54) is 17.3 Å². The summed E-state index contributed by atoms with van der Waals surface area (Å²) in [5.41, 5.74) is 2.56. The topological polar surface area (TPSA) is 67.3 Å². The summed E-state index contributed by atoms with van der Waals surface area (Å²) in [6.45, 7) is 0.571. The largest absolute Gasteiger partial charge is 0.447 e. The van der Waals surface area contributed by atoms with Gasteiger partial charge in [-0.05, 0) is 23.8 Å². The van der Waals surface area contributed by atoms with E-state index < -0.39 is 11.9 Å². The summed E-state index contributed by atoms with van der Waals surface area (Å²) in [6, 6.07) is 14.2. The number of halogens is 1. The SMILES string of the molecule is O=C1OCCN1c1cc(Nc2ncncc2-c2ccccc2)ccc1F. The molecule has 7 heteroatoms. The van der Waals surface area contributed by atoms with Crippen LogP contribution in [0, 0.1) is 5.82 Å². The van der Waals surface area contributed by atoms with Gasteiger partial charge in [-0.25, -0.2) is 19.2 Å². The number of carbonyl (C=O) groups is 1. The second kappa shape index (κ2) is 6.79. The molecule has 6 nitrogen and oxygen atoms in total. The number of ether oxygens (including phenoxy) is 1. The first-order valence-corrected chi connectivity index (χ1v) is 8.08. The number of carbonyl (C=O) groups excluding carboxylic acids is 1. The molecule has 0 unspecified atom stereocenters. The molecule has 130 valence electrons. The van der Waals surface area contributed by atoms with Crippen molar-refractivity contribution < 1.29 is 13.9 Å². The highest BCUT2D eigenvalue weighted by molar-refractivity contribution is 5.90. The minimum atomic E-state index is -0.548. The van der Waals surface area contributed by atoms with E-state index in [0.29, 0.717) is 18.1 Å². The number of nitrogens with zero attached hydrogens (tertiary/aromatic N) is 3. The average Bonchev–Trinajstić information content (AvgIpc) is 3.10. The normalized spacial score (nSPS) is 13.6. The predicted octanol–water partition coefficient (Wildman–Crippen LogP) is 3.98. The minimum Gasteiger partial charge on any atom is -0.447 e. The molecule has 0 saturated carbocycles. The maximum Gasteiger partial charge on any atom is 0.414 e. The maximum absolute atomic E-state index is 14.2. The molecule has 1 N–H and O–H groups in total. The number of rotatable bonds is 4. The fourth-order valence-electron chi connectivity index (χ4n) is 2.80. The Kier molecular flexibility index (Phi) is 4.18. The van der Waals surface area contributed by atoms with Crippen LogP contribution in [0.3, 0.4) is 0 Å². The van der Waals surface area contributed by atoms with Crippen molar-refractivity contribution in [2.24, 2.45) is 0 Å². The third kappa shape index (κ3) is 3.06. The summed E-state index contributed by atoms with van der Waals surface area (Å²) in [4.78, 5) is 21.4. The lowest BCUT2D eigenvalue weighted by atomic mass is 10.1. The van der Waals surface area contributed by atoms with Crippen molar-refractivity contribution in [3.63, 3.8) is 0 Å². The minimum absolute atomic E-state index is 0.174. The van der Waals surface area contributed by atoms with Crippen molar-refractivity contribution in [1.82, 2.24) is 9.97 Å². The average molecular weight is 350 g/mol. The Hall–Kier alpha value is -3.48. The third-order valence-corrected chi connectivity index (χ3v) is 4.06. The fourth-order valence-corrected chi connectivity index (χ4v) is 2.80. The van der Waals surface area contributed by atoms with Crippen molar-refractivity contribution in [3.8, 4) is 11.1 Å². The van der Waals surface area contributed by atoms with Crippen LogP contribution in [0.2, 0.25) is 0 Å². The highest BCUT2D eigenvalue weighted by Crippen LogP contribution is 2.31. The first-order valence-electron chi connectivity index (χ1n) is 8.08. The number of benzene rings is 2. The lowest BCUT2D eigenvalue weighted by Gasteiger charge is -2.16. The number of anilines is 3. The Labute approximate surface area is 149 Å². The Morgan fingerprint density at radius 2 is 2.00 bits per heavy atom. The molecular formula is C19H15FN4O2. The van der Waals surface area contributed by atoms with E-state index in [1.54, 1.807) is 18.3 Å². The van der Waals surface area contributed by atoms with Crippen molar-refractivity contribution in [2.45, 2.75) is 0 Å². The first-order chi connectivity index (χ1) is 12.7. The lowest BCUT2D eigenvalue weighted by Crippen LogP contribution is -2.24. The van der Waals surface area contributed by atoms with E-state index in [1.807, 2.05) is 30.3 Å². The fraction of sp³-hybridized carbons (Fsp3) is 0.105. The smallest absolute Gasteiger partial charge is 0.414 e. The molecule has 0 atom stereocenters. The van der Waals surface area contributed by atoms with Gasteiger partial charge in [0.2, 0.25) is 0 Å². The van der Waals surface area contributed by atoms with Gasteiger partial charge in [0.1, 0.15) is 24.6 Å². The Bertz CT molecular complexity index is 949. The van der Waals surface area contributed by atoms with E-state index in [4.69, 9.17) is 4.74 Å². The maximum atomic E-state index is 14.2. The van der Waals surface area contributed by atoms with Crippen LogP contribution < -0.4 is 10.2 Å². The van der Waals surface area contributed by atoms with Gasteiger partial charge in [0.25, 0.3) is 0 Å². The number of aromatic nitrogens is 2. The number of amides is 1. The van der Waals surface area contributed by atoms with Crippen molar-refractivity contribution in [3.05, 3.63) is 66.9 Å². The summed E-state index contributed by atoms with van der Waals surface area (Å²) in [5, 5.41) is 3.18. The molecule has 1 amide bonds. The van der Waals surface area contributed by atoms with Gasteiger partial charge in [0.15, 0.2) is 0 Å². The molecule has 3 aromatic rings. The molecular weight excluding hydrogens is 335 g/mol. The van der Waals surface area contributed by atoms with Gasteiger partial charge in [-0.2, -0.15) is 0 Å². The molecule has 0 aliphatic carbocycles. The molecule has 2 aromatic carbocycles. The zero-order valence-electron chi connectivity index (χ0n) is 13.7. The first kappa shape index (κ1) is 16.0. The van der Waals surface area contributed by atoms with Crippen LogP contribution in [-0.2, 0) is 4.74 Å². The van der Waals surface area contributed by atoms with Crippen LogP contribution in [0.25, 0.3) is 11.1 Å². The molecule has 0 radical (unpaired) electrons. The molecule has 0 bridgehead atoms. The van der Waals surface area contributed by atoms with E-state index in [2.05, 4.69) is 15.3 Å². The summed E-state index contributed by atoms with van der Waals surface area (Å²) >= 11 is 0. The quantitative estimate of drug-likeness (QED) is 0.771. The molecule has 1 aromatic heterocycles. The van der Waals surface area contributed by atoms with Crippen molar-refractivity contribution in [1.29, 1.82) is 0 Å². The van der Waals surface area contributed by atoms with Crippen LogP contribution in [0.5, 0.6) is 0 Å². The second-order valence-corrected chi connectivity index (χ2v) is 5.71. The molecule has 0 spiro atoms. The van der Waals surface area contributed by atoms with Gasteiger partial charge in [0.05, 0.1) is 12.2 Å². The number of nitrogens with one attached hydrogen (secondary N) is 1. The number of cyclic esters (lactones) is 1. The van der Waals surface area contributed by atoms with E-state index in [-0.39, 0.29) is 12.3 Å². The Morgan fingerprint density at radius 3 is 2.77 bits per heavy atom. The molecule has 1 saturated heterocycles. The van der Waals surface area contributed by atoms with Crippen molar-refractivity contribution in [2.75, 3.05) is 23.4 Å². The third-order valence-electron chi connectivity index (χ3n) is 4.06. The van der Waals surface area contributed by atoms with Crippen LogP contribution in [0.15, 0.2) is 61.1 Å². The summed E-state index contributed by atoms with van der Waals surface area (Å²) < 4.78 is 19.1. The van der Waals surface area contributed by atoms with Crippen LogP contribution in [0.4, 0.5) is 26.4 Å². The zero-order chi connectivity index (χ0) is 17.9. The standard InChI is InChI=1S/C19H15FN4O2/c20-16-7-6-14(10-17(16)24-8-9-26-19(24)25)23-18-15(11-21-12-22-18)13-4-2-1-3-5-13/h1-7,10-12H,8-9H2,(H,21,22,23). The summed E-state index contributed by atoms with van der Waals surface area (Å²) in [5.74, 6) is 0.105. The van der Waals surface area contributed by atoms with Gasteiger partial charge in [-0.15, -0.1) is 0 Å². The summed E-state index contributed by atoms with van der Waals surface area (Å²) in [7, 11) is 0. The monoisotopic (exact) mass is 350 g/mol. The predicted molar refractivity (Wildman–Crippen MR) is 95.8 cm³/mol. The van der Waals surface area contributed by atoms with Crippen molar-refractivity contribution >= 4 is 23.3 Å². The van der Waals surface area contributed by atoms with Crippen LogP contribution >= 0.6 is 0 Å². The molecule has 1 aliphatic heterocycles. The lowest BCUT2D eigenvalue weighted by molar-refractivity contribution is 0.181. The highest BCUT2D eigenvalue weighted by atomic mass is 19.1. The van der Waals surface area contributed by atoms with Crippen LogP contribution in [0.1, 0.15) is 0 Å². The van der Waals surface area contributed by atoms with Gasteiger partial charge in [-0.1, -0.05) is 30.3 Å². The Balaban J connectivity index is 1.68. The molecule has 4 rings (SSSR count). The van der Waals surface area contributed by atoms with Gasteiger partial charge in [-0.3, -0.25) is 4.90 Å². The van der Waals surface area contributed by atoms with E-state index in [0.717, 1.165) is 11.1 Å². The van der Waals surface area contributed by atoms with Gasteiger partial charge < -0.3 is 10.1 Å². The number of hydrogen-bond acceptors (Lipinski definition) is 5. The molecule has 26 heavy (non-hydrogen) atoms. The van der Waals surface area contributed by atoms with E-state index in [9.17, 15) is 9.18 Å². The van der Waals surface area contributed by atoms with Gasteiger partial charge in [0, 0.05) is 17.4 Å². The zero-order valence-corrected chi connectivity index (χ0v) is 13.7. The highest BCUT2D eigenvalue weighted by Gasteiger charge is 2.26. The molecule has 2 heterocycles. The van der Waals surface area contributed by atoms with Gasteiger partial charge >= 0.3 is 6.09 Å². The van der Waals surface area contributed by atoms with E-state index >= 15 is 0 Å². The molecule has 1 aliphatic rings. The molecule has 1 fully saturated rings. The number of hydrogen-bond donors (Lipinski definition) is 1. The second-order valence-electron chi connectivity index (χ2n) is 5.71. The Morgan fingerprint density at radius 1 is 1.15 bits per heavy atom. The van der Waals surface area contributed by atoms with Crippen LogP contribution in [-0.4, -0.2) is 29.2 Å².